The standard InChI is InChI=1S/C28H23FN6O4S/c1-16(27(32)38)35(21-10-6-19(29)7-11-21)28-34-26(31)25(40-28)24(37)18-4-12-22(13-5-18)39-15-23(36)33-20-8-2-17(14-30)3-9-20/h2-13,16H,15,31H2,1H3,(H2,32,38)(H,33,36)/t16-/m1/s1. The topological polar surface area (TPSA) is 164 Å². The smallest absolute Gasteiger partial charge is 0.262 e. The highest BCUT2D eigenvalue weighted by molar-refractivity contribution is 7.18. The van der Waals surface area contributed by atoms with Crippen LogP contribution in [0.25, 0.3) is 0 Å². The van der Waals surface area contributed by atoms with Gasteiger partial charge in [-0.05, 0) is 79.7 Å². The van der Waals surface area contributed by atoms with Gasteiger partial charge in [0.1, 0.15) is 28.3 Å². The highest BCUT2D eigenvalue weighted by Gasteiger charge is 2.27. The van der Waals surface area contributed by atoms with Crippen molar-refractivity contribution in [1.82, 2.24) is 4.98 Å². The Kier molecular flexibility index (Phi) is 8.36. The van der Waals surface area contributed by atoms with Crippen LogP contribution < -0.4 is 26.4 Å². The summed E-state index contributed by atoms with van der Waals surface area (Å²) in [5.41, 5.74) is 13.3. The van der Waals surface area contributed by atoms with Gasteiger partial charge in [0.05, 0.1) is 11.6 Å². The van der Waals surface area contributed by atoms with E-state index in [0.29, 0.717) is 28.3 Å². The van der Waals surface area contributed by atoms with E-state index in [1.54, 1.807) is 43.3 Å². The number of nitrogen functional groups attached to an aromatic ring is 1. The molecular formula is C28H23FN6O4S. The fourth-order valence-electron chi connectivity index (χ4n) is 3.62. The Hall–Kier alpha value is -5.28. The first-order valence-corrected chi connectivity index (χ1v) is 12.7. The van der Waals surface area contributed by atoms with E-state index in [1.165, 1.54) is 41.3 Å². The summed E-state index contributed by atoms with van der Waals surface area (Å²) >= 11 is 0.974. The van der Waals surface area contributed by atoms with Crippen molar-refractivity contribution in [2.75, 3.05) is 22.6 Å². The van der Waals surface area contributed by atoms with Crippen LogP contribution in [0.3, 0.4) is 0 Å². The average Bonchev–Trinajstić information content (AvgIpc) is 3.34. The molecule has 0 aliphatic rings. The molecule has 0 aliphatic heterocycles. The number of nitrogens with two attached hydrogens (primary N) is 2. The molecule has 0 fully saturated rings. The number of thiazole rings is 1. The molecule has 1 aromatic heterocycles. The maximum Gasteiger partial charge on any atom is 0.262 e. The summed E-state index contributed by atoms with van der Waals surface area (Å²) in [5.74, 6) is -1.57. The lowest BCUT2D eigenvalue weighted by Gasteiger charge is -2.26. The predicted molar refractivity (Wildman–Crippen MR) is 149 cm³/mol. The molecule has 0 bridgehead atoms. The number of carbonyl (C=O) groups excluding carboxylic acids is 3. The molecule has 40 heavy (non-hydrogen) atoms. The number of ketones is 1. The number of amides is 2. The van der Waals surface area contributed by atoms with Crippen molar-refractivity contribution in [1.29, 1.82) is 5.26 Å². The molecule has 1 heterocycles. The number of anilines is 4. The van der Waals surface area contributed by atoms with Crippen LogP contribution in [-0.4, -0.2) is 35.2 Å². The molecule has 2 amide bonds. The third-order valence-electron chi connectivity index (χ3n) is 5.74. The van der Waals surface area contributed by atoms with Crippen molar-refractivity contribution in [3.63, 3.8) is 0 Å². The Morgan fingerprint density at radius 2 is 1.73 bits per heavy atom. The van der Waals surface area contributed by atoms with Gasteiger partial charge in [-0.25, -0.2) is 9.37 Å². The van der Waals surface area contributed by atoms with Crippen molar-refractivity contribution in [3.8, 4) is 11.8 Å². The highest BCUT2D eigenvalue weighted by Crippen LogP contribution is 2.36. The molecule has 0 unspecified atom stereocenters. The van der Waals surface area contributed by atoms with Crippen LogP contribution >= 0.6 is 11.3 Å². The van der Waals surface area contributed by atoms with E-state index in [2.05, 4.69) is 10.3 Å². The van der Waals surface area contributed by atoms with Crippen LogP contribution in [0.15, 0.2) is 72.8 Å². The van der Waals surface area contributed by atoms with Gasteiger partial charge in [-0.3, -0.25) is 14.4 Å². The first kappa shape index (κ1) is 27.7. The van der Waals surface area contributed by atoms with Gasteiger partial charge in [0.15, 0.2) is 11.7 Å². The van der Waals surface area contributed by atoms with Gasteiger partial charge >= 0.3 is 0 Å². The zero-order chi connectivity index (χ0) is 28.8. The van der Waals surface area contributed by atoms with E-state index in [0.717, 1.165) is 11.3 Å². The number of nitriles is 1. The third kappa shape index (κ3) is 6.40. The number of rotatable bonds is 10. The minimum atomic E-state index is -0.857. The number of ether oxygens (including phenoxy) is 1. The molecule has 0 spiro atoms. The molecule has 12 heteroatoms. The van der Waals surface area contributed by atoms with Gasteiger partial charge in [-0.1, -0.05) is 11.3 Å². The lowest BCUT2D eigenvalue weighted by atomic mass is 10.1. The van der Waals surface area contributed by atoms with Crippen molar-refractivity contribution >= 4 is 51.3 Å². The number of hydrogen-bond acceptors (Lipinski definition) is 9. The third-order valence-corrected chi connectivity index (χ3v) is 6.81. The van der Waals surface area contributed by atoms with Crippen LogP contribution in [-0.2, 0) is 9.59 Å². The molecule has 202 valence electrons. The molecule has 3 aromatic carbocycles. The van der Waals surface area contributed by atoms with Gasteiger partial charge in [-0.15, -0.1) is 0 Å². The number of nitrogens with one attached hydrogen (secondary N) is 1. The number of primary amides is 1. The quantitative estimate of drug-likeness (QED) is 0.246. The summed E-state index contributed by atoms with van der Waals surface area (Å²) in [6, 6.07) is 19.1. The fraction of sp³-hybridized carbons (Fsp3) is 0.107. The van der Waals surface area contributed by atoms with E-state index < -0.39 is 29.5 Å². The van der Waals surface area contributed by atoms with Crippen molar-refractivity contribution in [2.24, 2.45) is 5.73 Å². The monoisotopic (exact) mass is 558 g/mol. The molecule has 0 aliphatic carbocycles. The number of hydrogen-bond donors (Lipinski definition) is 3. The van der Waals surface area contributed by atoms with Gasteiger partial charge in [0.2, 0.25) is 11.7 Å². The maximum absolute atomic E-state index is 13.5. The van der Waals surface area contributed by atoms with Gasteiger partial charge < -0.3 is 26.4 Å². The summed E-state index contributed by atoms with van der Waals surface area (Å²) in [5, 5.41) is 11.8. The number of benzene rings is 3. The van der Waals surface area contributed by atoms with Crippen LogP contribution in [0, 0.1) is 17.1 Å². The fourth-order valence-corrected chi connectivity index (χ4v) is 4.67. The van der Waals surface area contributed by atoms with Gasteiger partial charge in [0, 0.05) is 16.9 Å². The van der Waals surface area contributed by atoms with Gasteiger partial charge in [0.25, 0.3) is 5.91 Å². The summed E-state index contributed by atoms with van der Waals surface area (Å²) < 4.78 is 19.0. The number of halogens is 1. The Labute approximate surface area is 232 Å². The Balaban J connectivity index is 1.45. The molecule has 1 atom stereocenters. The van der Waals surface area contributed by atoms with E-state index in [4.69, 9.17) is 21.5 Å². The molecule has 4 rings (SSSR count). The summed E-state index contributed by atoms with van der Waals surface area (Å²) in [6.45, 7) is 1.30. The molecule has 0 saturated carbocycles. The second kappa shape index (κ2) is 12.1. The Bertz CT molecular complexity index is 1580. The van der Waals surface area contributed by atoms with E-state index in [-0.39, 0.29) is 22.4 Å². The first-order valence-electron chi connectivity index (χ1n) is 11.8. The Morgan fingerprint density at radius 1 is 1.07 bits per heavy atom. The van der Waals surface area contributed by atoms with Crippen molar-refractivity contribution in [3.05, 3.63) is 94.6 Å². The molecule has 0 radical (unpaired) electrons. The van der Waals surface area contributed by atoms with E-state index in [1.807, 2.05) is 6.07 Å². The van der Waals surface area contributed by atoms with E-state index >= 15 is 0 Å². The average molecular weight is 559 g/mol. The molecular weight excluding hydrogens is 535 g/mol. The van der Waals surface area contributed by atoms with Crippen LogP contribution in [0.5, 0.6) is 5.75 Å². The zero-order valence-electron chi connectivity index (χ0n) is 21.1. The summed E-state index contributed by atoms with van der Waals surface area (Å²) in [7, 11) is 0. The molecule has 0 saturated heterocycles. The van der Waals surface area contributed by atoms with E-state index in [9.17, 15) is 18.8 Å². The predicted octanol–water partition coefficient (Wildman–Crippen LogP) is 4.00. The van der Waals surface area contributed by atoms with Crippen molar-refractivity contribution < 1.29 is 23.5 Å². The second-order valence-electron chi connectivity index (χ2n) is 8.52. The SMILES string of the molecule is C[C@H](C(N)=O)N(c1ccc(F)cc1)c1nc(N)c(C(=O)c2ccc(OCC(=O)Nc3ccc(C#N)cc3)cc2)s1. The maximum atomic E-state index is 13.5. The largest absolute Gasteiger partial charge is 0.484 e. The van der Waals surface area contributed by atoms with Crippen LogP contribution in [0.4, 0.5) is 26.7 Å². The minimum Gasteiger partial charge on any atom is -0.484 e. The highest BCUT2D eigenvalue weighted by atomic mass is 32.1. The summed E-state index contributed by atoms with van der Waals surface area (Å²) in [4.78, 5) is 43.3. The molecule has 4 aromatic rings. The first-order chi connectivity index (χ1) is 19.2. The summed E-state index contributed by atoms with van der Waals surface area (Å²) in [6.07, 6.45) is 0. The second-order valence-corrected chi connectivity index (χ2v) is 9.49. The molecule has 5 N–H and O–H groups in total. The van der Waals surface area contributed by atoms with Crippen molar-refractivity contribution in [2.45, 2.75) is 13.0 Å². The normalized spacial score (nSPS) is 11.2. The number of nitrogens with zero attached hydrogens (tertiary/aromatic N) is 3. The zero-order valence-corrected chi connectivity index (χ0v) is 21.9. The van der Waals surface area contributed by atoms with Gasteiger partial charge in [-0.2, -0.15) is 5.26 Å². The lowest BCUT2D eigenvalue weighted by molar-refractivity contribution is -0.119. The Morgan fingerprint density at radius 3 is 2.33 bits per heavy atom. The molecule has 10 nitrogen and oxygen atoms in total. The minimum absolute atomic E-state index is 0.0337. The number of aromatic nitrogens is 1. The van der Waals surface area contributed by atoms with Crippen LogP contribution in [0.2, 0.25) is 0 Å². The number of carbonyl (C=O) groups is 3. The van der Waals surface area contributed by atoms with Crippen LogP contribution in [0.1, 0.15) is 27.7 Å². The lowest BCUT2D eigenvalue weighted by Crippen LogP contribution is -2.39.